The maximum Gasteiger partial charge on any atom is -0.00827 e. The molecule has 0 saturated carbocycles. The van der Waals surface area contributed by atoms with E-state index in [0.29, 0.717) is 10.3 Å². The van der Waals surface area contributed by atoms with Crippen LogP contribution in [0.3, 0.4) is 0 Å². The smallest absolute Gasteiger partial charge is 0.00827 e. The molecule has 0 fully saturated rings. The summed E-state index contributed by atoms with van der Waals surface area (Å²) in [5.74, 6) is 0. The van der Waals surface area contributed by atoms with Crippen LogP contribution in [-0.4, -0.2) is 10.3 Å². The Morgan fingerprint density at radius 3 is 1.86 bits per heavy atom. The molecule has 0 aromatic heterocycles. The van der Waals surface area contributed by atoms with Crippen LogP contribution in [0.25, 0.3) is 5.57 Å². The molecule has 0 N–H and O–H groups in total. The van der Waals surface area contributed by atoms with Gasteiger partial charge in [-0.05, 0) is 52.6 Å². The van der Waals surface area contributed by atoms with Crippen molar-refractivity contribution in [2.75, 3.05) is 0 Å². The fraction of sp³-hybridized carbons (Fsp3) is 0.524. The Bertz CT molecular complexity index is 604. The molecule has 1 heteroatoms. The minimum Gasteiger partial charge on any atom is -0.0769 e. The van der Waals surface area contributed by atoms with E-state index in [2.05, 4.69) is 85.7 Å². The predicted molar refractivity (Wildman–Crippen MR) is 103 cm³/mol. The van der Waals surface area contributed by atoms with Crippen molar-refractivity contribution in [1.29, 1.82) is 0 Å². The maximum atomic E-state index is 2.40. The zero-order valence-electron chi connectivity index (χ0n) is 15.5. The van der Waals surface area contributed by atoms with Gasteiger partial charge in [0.2, 0.25) is 0 Å². The van der Waals surface area contributed by atoms with E-state index in [-0.39, 0.29) is 7.92 Å². The van der Waals surface area contributed by atoms with Crippen molar-refractivity contribution in [3.8, 4) is 0 Å². The lowest BCUT2D eigenvalue weighted by molar-refractivity contribution is 0.714. The van der Waals surface area contributed by atoms with Gasteiger partial charge in [0.15, 0.2) is 0 Å². The van der Waals surface area contributed by atoms with Crippen LogP contribution in [0.2, 0.25) is 0 Å². The van der Waals surface area contributed by atoms with Gasteiger partial charge < -0.3 is 0 Å². The topological polar surface area (TPSA) is 0 Å². The lowest BCUT2D eigenvalue weighted by Gasteiger charge is -2.43. The summed E-state index contributed by atoms with van der Waals surface area (Å²) < 4.78 is 0. The number of hydrogen-bond donors (Lipinski definition) is 0. The lowest BCUT2D eigenvalue weighted by Crippen LogP contribution is -2.32. The first kappa shape index (κ1) is 17.5. The van der Waals surface area contributed by atoms with E-state index in [1.165, 1.54) is 22.3 Å². The minimum atomic E-state index is -0.265. The number of benzene rings is 1. The van der Waals surface area contributed by atoms with Crippen molar-refractivity contribution >= 4 is 18.8 Å². The van der Waals surface area contributed by atoms with Crippen molar-refractivity contribution in [3.63, 3.8) is 0 Å². The molecule has 0 nitrogen and oxygen atoms in total. The van der Waals surface area contributed by atoms with Gasteiger partial charge in [-0.2, -0.15) is 0 Å². The highest BCUT2D eigenvalue weighted by Gasteiger charge is 2.37. The van der Waals surface area contributed by atoms with E-state index in [1.807, 2.05) is 0 Å². The zero-order chi connectivity index (χ0) is 16.7. The number of allylic oxidation sites excluding steroid dienone is 4. The summed E-state index contributed by atoms with van der Waals surface area (Å²) in [6, 6.07) is 9.14. The Kier molecular flexibility index (Phi) is 4.74. The first-order chi connectivity index (χ1) is 10.0. The summed E-state index contributed by atoms with van der Waals surface area (Å²) in [7, 11) is -0.265. The van der Waals surface area contributed by atoms with Crippen molar-refractivity contribution in [3.05, 3.63) is 47.1 Å². The SMILES string of the molecule is CC1=CCC(c2ccccc2P(C(C)(C)C)C(C)(C)C)=C1C. The molecule has 0 amide bonds. The molecule has 0 radical (unpaired) electrons. The molecule has 1 aromatic carbocycles. The molecule has 22 heavy (non-hydrogen) atoms. The van der Waals surface area contributed by atoms with E-state index in [9.17, 15) is 0 Å². The first-order valence-corrected chi connectivity index (χ1v) is 9.64. The van der Waals surface area contributed by atoms with E-state index < -0.39 is 0 Å². The predicted octanol–water partition coefficient (Wildman–Crippen LogP) is 6.51. The van der Waals surface area contributed by atoms with E-state index in [1.54, 1.807) is 5.30 Å². The molecular formula is C21H31P. The highest BCUT2D eigenvalue weighted by molar-refractivity contribution is 7.68. The van der Waals surface area contributed by atoms with Gasteiger partial charge in [-0.15, -0.1) is 0 Å². The molecule has 0 saturated heterocycles. The number of rotatable bonds is 2. The van der Waals surface area contributed by atoms with Crippen LogP contribution in [-0.2, 0) is 0 Å². The van der Waals surface area contributed by atoms with E-state index in [0.717, 1.165) is 6.42 Å². The molecule has 1 aromatic rings. The fourth-order valence-electron chi connectivity index (χ4n) is 3.76. The third kappa shape index (κ3) is 3.38. The zero-order valence-corrected chi connectivity index (χ0v) is 16.4. The second-order valence-electron chi connectivity index (χ2n) is 8.39. The summed E-state index contributed by atoms with van der Waals surface area (Å²) in [5.41, 5.74) is 5.95. The third-order valence-corrected chi connectivity index (χ3v) is 8.02. The van der Waals surface area contributed by atoms with Gasteiger partial charge in [0.1, 0.15) is 0 Å². The van der Waals surface area contributed by atoms with Gasteiger partial charge in [0.25, 0.3) is 0 Å². The molecule has 0 bridgehead atoms. The van der Waals surface area contributed by atoms with Gasteiger partial charge in [-0.25, -0.2) is 0 Å². The molecule has 1 aliphatic carbocycles. The fourth-order valence-corrected chi connectivity index (χ4v) is 7.91. The summed E-state index contributed by atoms with van der Waals surface area (Å²) >= 11 is 0. The Morgan fingerprint density at radius 2 is 1.41 bits per heavy atom. The van der Waals surface area contributed by atoms with Crippen LogP contribution in [0.5, 0.6) is 0 Å². The highest BCUT2D eigenvalue weighted by Crippen LogP contribution is 2.59. The quantitative estimate of drug-likeness (QED) is 0.545. The van der Waals surface area contributed by atoms with E-state index in [4.69, 9.17) is 0 Å². The average molecular weight is 314 g/mol. The molecule has 0 aliphatic heterocycles. The Morgan fingerprint density at radius 1 is 0.864 bits per heavy atom. The molecule has 0 atom stereocenters. The average Bonchev–Trinajstić information content (AvgIpc) is 2.67. The monoisotopic (exact) mass is 314 g/mol. The first-order valence-electron chi connectivity index (χ1n) is 8.30. The van der Waals surface area contributed by atoms with Crippen molar-refractivity contribution in [2.45, 2.75) is 72.1 Å². The summed E-state index contributed by atoms with van der Waals surface area (Å²) in [6.45, 7) is 18.9. The van der Waals surface area contributed by atoms with Crippen LogP contribution < -0.4 is 5.30 Å². The Labute approximate surface area is 138 Å². The molecule has 120 valence electrons. The van der Waals surface area contributed by atoms with Crippen molar-refractivity contribution in [2.24, 2.45) is 0 Å². The van der Waals surface area contributed by atoms with Crippen molar-refractivity contribution in [1.82, 2.24) is 0 Å². The second-order valence-corrected chi connectivity index (χ2v) is 12.2. The van der Waals surface area contributed by atoms with Gasteiger partial charge in [-0.1, -0.05) is 85.4 Å². The Balaban J connectivity index is 2.63. The molecule has 1 aliphatic rings. The van der Waals surface area contributed by atoms with Crippen LogP contribution in [0, 0.1) is 0 Å². The minimum absolute atomic E-state index is 0.265. The van der Waals surface area contributed by atoms with Crippen LogP contribution >= 0.6 is 7.92 Å². The summed E-state index contributed by atoms with van der Waals surface area (Å²) in [6.07, 6.45) is 3.46. The molecule has 2 rings (SSSR count). The molecule has 0 unspecified atom stereocenters. The molecular weight excluding hydrogens is 283 g/mol. The third-order valence-electron chi connectivity index (χ3n) is 4.47. The maximum absolute atomic E-state index is 2.40. The molecule has 0 heterocycles. The van der Waals surface area contributed by atoms with E-state index >= 15 is 0 Å². The van der Waals surface area contributed by atoms with Gasteiger partial charge in [-0.3, -0.25) is 0 Å². The highest BCUT2D eigenvalue weighted by atomic mass is 31.1. The number of hydrogen-bond acceptors (Lipinski definition) is 0. The lowest BCUT2D eigenvalue weighted by atomic mass is 10.0. The van der Waals surface area contributed by atoms with Crippen LogP contribution in [0.4, 0.5) is 0 Å². The standard InChI is InChI=1S/C21H31P/c1-15-13-14-17(16(15)2)18-11-9-10-12-19(18)22(20(3,4)5)21(6,7)8/h9-13H,14H2,1-8H3. The molecule has 0 spiro atoms. The second kappa shape index (κ2) is 5.97. The normalized spacial score (nSPS) is 16.5. The van der Waals surface area contributed by atoms with Crippen LogP contribution in [0.15, 0.2) is 41.5 Å². The summed E-state index contributed by atoms with van der Waals surface area (Å²) in [4.78, 5) is 0. The van der Waals surface area contributed by atoms with Gasteiger partial charge in [0, 0.05) is 0 Å². The van der Waals surface area contributed by atoms with Gasteiger partial charge >= 0.3 is 0 Å². The van der Waals surface area contributed by atoms with Gasteiger partial charge in [0.05, 0.1) is 0 Å². The van der Waals surface area contributed by atoms with Crippen LogP contribution in [0.1, 0.15) is 67.4 Å². The largest absolute Gasteiger partial charge is 0.0769 e. The Hall–Kier alpha value is -0.870. The van der Waals surface area contributed by atoms with Crippen molar-refractivity contribution < 1.29 is 0 Å². The summed E-state index contributed by atoms with van der Waals surface area (Å²) in [5, 5.41) is 2.19.